The molecule has 5 rings (SSSR count). The Hall–Kier alpha value is -3.06. The Morgan fingerprint density at radius 3 is 2.61 bits per heavy atom. The van der Waals surface area contributed by atoms with Gasteiger partial charge in [0, 0.05) is 35.1 Å². The predicted molar refractivity (Wildman–Crippen MR) is 123 cm³/mol. The number of thioether (sulfide) groups is 1. The second kappa shape index (κ2) is 7.57. The Bertz CT molecular complexity index is 1170. The molecule has 6 nitrogen and oxygen atoms in total. The maximum absolute atomic E-state index is 11.2. The molecule has 4 heterocycles. The topological polar surface area (TPSA) is 70.7 Å². The van der Waals surface area contributed by atoms with E-state index in [1.165, 1.54) is 5.56 Å². The fourth-order valence-electron chi connectivity index (χ4n) is 4.69. The van der Waals surface area contributed by atoms with Gasteiger partial charge in [-0.3, -0.25) is 9.98 Å². The monoisotopic (exact) mass is 432 g/mol. The fraction of sp³-hybridized carbons (Fsp3) is 0.292. The van der Waals surface area contributed by atoms with Gasteiger partial charge in [-0.1, -0.05) is 24.8 Å². The highest BCUT2D eigenvalue weighted by molar-refractivity contribution is 8.14. The van der Waals surface area contributed by atoms with Crippen molar-refractivity contribution < 1.29 is 9.90 Å². The maximum atomic E-state index is 11.2. The highest BCUT2D eigenvalue weighted by Gasteiger charge is 2.44. The van der Waals surface area contributed by atoms with E-state index in [0.717, 1.165) is 34.5 Å². The molecule has 1 N–H and O–H groups in total. The second-order valence-electron chi connectivity index (χ2n) is 8.15. The number of fused-ring (bicyclic) bond motifs is 1. The van der Waals surface area contributed by atoms with Crippen LogP contribution >= 0.6 is 11.8 Å². The maximum Gasteiger partial charge on any atom is 0.335 e. The van der Waals surface area contributed by atoms with Crippen LogP contribution < -0.4 is 0 Å². The van der Waals surface area contributed by atoms with Crippen molar-refractivity contribution in [1.82, 2.24) is 14.5 Å². The Morgan fingerprint density at radius 2 is 1.94 bits per heavy atom. The average Bonchev–Trinajstić information content (AvgIpc) is 3.38. The van der Waals surface area contributed by atoms with Crippen molar-refractivity contribution >= 4 is 22.9 Å². The minimum Gasteiger partial charge on any atom is -0.478 e. The van der Waals surface area contributed by atoms with Gasteiger partial charge in [0.15, 0.2) is 5.17 Å². The van der Waals surface area contributed by atoms with E-state index in [2.05, 4.69) is 47.4 Å². The summed E-state index contributed by atoms with van der Waals surface area (Å²) in [7, 11) is 0. The van der Waals surface area contributed by atoms with Gasteiger partial charge in [-0.2, -0.15) is 0 Å². The van der Waals surface area contributed by atoms with Gasteiger partial charge >= 0.3 is 5.97 Å². The molecule has 0 aliphatic carbocycles. The molecule has 31 heavy (non-hydrogen) atoms. The van der Waals surface area contributed by atoms with E-state index < -0.39 is 5.97 Å². The number of amidine groups is 1. The number of aromatic carboxylic acids is 1. The van der Waals surface area contributed by atoms with Crippen LogP contribution in [0.5, 0.6) is 0 Å². The van der Waals surface area contributed by atoms with Crippen LogP contribution in [-0.4, -0.2) is 42.5 Å². The van der Waals surface area contributed by atoms with Gasteiger partial charge in [0.25, 0.3) is 0 Å². The van der Waals surface area contributed by atoms with Crippen LogP contribution in [0, 0.1) is 13.8 Å². The molecule has 0 unspecified atom stereocenters. The average molecular weight is 433 g/mol. The SMILES string of the molecule is Cc1cc([C@H]2[C@H](c3ccccn3)N=C3S[C@@H](C)CN32)c(C)n1-c1ccc(C(=O)O)cc1. The summed E-state index contributed by atoms with van der Waals surface area (Å²) in [6.45, 7) is 7.43. The first-order chi connectivity index (χ1) is 14.9. The van der Waals surface area contributed by atoms with Crippen LogP contribution in [0.1, 0.15) is 52.0 Å². The number of hydrogen-bond donors (Lipinski definition) is 1. The molecular weight excluding hydrogens is 408 g/mol. The van der Waals surface area contributed by atoms with E-state index >= 15 is 0 Å². The third-order valence-electron chi connectivity index (χ3n) is 6.04. The molecule has 1 aromatic carbocycles. The molecule has 2 aliphatic heterocycles. The molecule has 1 fully saturated rings. The van der Waals surface area contributed by atoms with Gasteiger partial charge < -0.3 is 14.6 Å². The first-order valence-electron chi connectivity index (χ1n) is 10.4. The lowest BCUT2D eigenvalue weighted by Gasteiger charge is -2.27. The van der Waals surface area contributed by atoms with Crippen molar-refractivity contribution in [3.63, 3.8) is 0 Å². The highest BCUT2D eigenvalue weighted by Crippen LogP contribution is 2.48. The highest BCUT2D eigenvalue weighted by atomic mass is 32.2. The number of hydrogen-bond acceptors (Lipinski definition) is 5. The first kappa shape index (κ1) is 19.9. The first-order valence-corrected chi connectivity index (χ1v) is 11.3. The molecule has 0 spiro atoms. The van der Waals surface area contributed by atoms with E-state index in [1.807, 2.05) is 42.2 Å². The molecule has 0 bridgehead atoms. The van der Waals surface area contributed by atoms with Crippen molar-refractivity contribution in [2.75, 3.05) is 6.54 Å². The number of carboxylic acids is 1. The Labute approximate surface area is 185 Å². The summed E-state index contributed by atoms with van der Waals surface area (Å²) in [5, 5.41) is 10.8. The van der Waals surface area contributed by atoms with Crippen molar-refractivity contribution in [1.29, 1.82) is 0 Å². The summed E-state index contributed by atoms with van der Waals surface area (Å²) < 4.78 is 2.20. The lowest BCUT2D eigenvalue weighted by atomic mass is 9.96. The molecule has 2 aromatic heterocycles. The summed E-state index contributed by atoms with van der Waals surface area (Å²) >= 11 is 1.84. The van der Waals surface area contributed by atoms with Gasteiger partial charge in [0.2, 0.25) is 0 Å². The molecule has 1 saturated heterocycles. The summed E-state index contributed by atoms with van der Waals surface area (Å²) in [6.07, 6.45) is 1.83. The number of carbonyl (C=O) groups is 1. The molecule has 0 saturated carbocycles. The van der Waals surface area contributed by atoms with E-state index in [1.54, 1.807) is 12.1 Å². The number of aliphatic imine (C=N–C) groups is 1. The third-order valence-corrected chi connectivity index (χ3v) is 7.14. The molecule has 3 atom stereocenters. The molecule has 0 amide bonds. The molecule has 3 aromatic rings. The number of pyridine rings is 1. The summed E-state index contributed by atoms with van der Waals surface area (Å²) in [4.78, 5) is 23.4. The number of rotatable bonds is 4. The number of carboxylic acid groups (broad SMARTS) is 1. The van der Waals surface area contributed by atoms with E-state index in [0.29, 0.717) is 10.8 Å². The van der Waals surface area contributed by atoms with Crippen LogP contribution in [0.4, 0.5) is 0 Å². The van der Waals surface area contributed by atoms with E-state index in [4.69, 9.17) is 4.99 Å². The quantitative estimate of drug-likeness (QED) is 0.643. The normalized spacial score (nSPS) is 22.5. The zero-order valence-electron chi connectivity index (χ0n) is 17.7. The van der Waals surface area contributed by atoms with Crippen LogP contribution in [0.15, 0.2) is 59.7 Å². The van der Waals surface area contributed by atoms with E-state index in [9.17, 15) is 9.90 Å². The summed E-state index contributed by atoms with van der Waals surface area (Å²) in [5.41, 5.74) is 5.74. The number of nitrogens with zero attached hydrogens (tertiary/aromatic N) is 4. The minimum atomic E-state index is -0.914. The van der Waals surface area contributed by atoms with Crippen LogP contribution in [-0.2, 0) is 0 Å². The summed E-state index contributed by atoms with van der Waals surface area (Å²) in [6, 6.07) is 15.4. The molecular formula is C24H24N4O2S. The summed E-state index contributed by atoms with van der Waals surface area (Å²) in [5.74, 6) is -0.914. The Balaban J connectivity index is 1.59. The zero-order chi connectivity index (χ0) is 21.7. The predicted octanol–water partition coefficient (Wildman–Crippen LogP) is 4.78. The number of benzene rings is 1. The van der Waals surface area contributed by atoms with Gasteiger partial charge in [-0.25, -0.2) is 4.79 Å². The standard InChI is InChI=1S/C24H24N4O2S/c1-14-12-19(16(3)28(14)18-9-7-17(8-10-18)23(29)30)22-21(20-6-4-5-11-25-20)26-24-27(22)13-15(2)31-24/h4-12,15,21-22H,13H2,1-3H3,(H,29,30)/t15-,21-,22-/m0/s1. The van der Waals surface area contributed by atoms with Crippen LogP contribution in [0.2, 0.25) is 0 Å². The lowest BCUT2D eigenvalue weighted by Crippen LogP contribution is -2.28. The van der Waals surface area contributed by atoms with Crippen molar-refractivity contribution in [3.05, 3.63) is 82.9 Å². The largest absolute Gasteiger partial charge is 0.478 e. The second-order valence-corrected chi connectivity index (χ2v) is 9.56. The van der Waals surface area contributed by atoms with Gasteiger partial charge in [-0.15, -0.1) is 0 Å². The van der Waals surface area contributed by atoms with Crippen LogP contribution in [0.3, 0.4) is 0 Å². The third kappa shape index (κ3) is 3.33. The minimum absolute atomic E-state index is 0.0421. The van der Waals surface area contributed by atoms with Gasteiger partial charge in [0.05, 0.1) is 17.3 Å². The fourth-order valence-corrected chi connectivity index (χ4v) is 5.78. The molecule has 7 heteroatoms. The van der Waals surface area contributed by atoms with Crippen molar-refractivity contribution in [2.24, 2.45) is 4.99 Å². The molecule has 2 aliphatic rings. The smallest absolute Gasteiger partial charge is 0.335 e. The van der Waals surface area contributed by atoms with E-state index in [-0.39, 0.29) is 12.1 Å². The van der Waals surface area contributed by atoms with Crippen LogP contribution in [0.25, 0.3) is 5.69 Å². The van der Waals surface area contributed by atoms with Crippen molar-refractivity contribution in [2.45, 2.75) is 38.1 Å². The molecule has 0 radical (unpaired) electrons. The molecule has 158 valence electrons. The van der Waals surface area contributed by atoms with Crippen molar-refractivity contribution in [3.8, 4) is 5.69 Å². The van der Waals surface area contributed by atoms with Gasteiger partial charge in [0.1, 0.15) is 6.04 Å². The Kier molecular flexibility index (Phi) is 4.85. The number of aromatic nitrogens is 2. The lowest BCUT2D eigenvalue weighted by molar-refractivity contribution is 0.0697. The Morgan fingerprint density at radius 1 is 1.16 bits per heavy atom. The van der Waals surface area contributed by atoms with Gasteiger partial charge in [-0.05, 0) is 61.9 Å². The zero-order valence-corrected chi connectivity index (χ0v) is 18.5. The number of aryl methyl sites for hydroxylation is 1.